The molecular weight excluding hydrogens is 487 g/mol. The van der Waals surface area contributed by atoms with Gasteiger partial charge in [0.15, 0.2) is 0 Å². The molecule has 202 valence electrons. The van der Waals surface area contributed by atoms with E-state index in [-0.39, 0.29) is 29.8 Å². The van der Waals surface area contributed by atoms with Crippen LogP contribution in [0.25, 0.3) is 0 Å². The molecule has 0 spiro atoms. The van der Waals surface area contributed by atoms with Gasteiger partial charge in [0, 0.05) is 69.7 Å². The third-order valence-corrected chi connectivity index (χ3v) is 6.61. The second-order valence-electron chi connectivity index (χ2n) is 11.0. The molecule has 1 unspecified atom stereocenters. The highest BCUT2D eigenvalue weighted by atomic mass is 19.1. The highest BCUT2D eigenvalue weighted by Crippen LogP contribution is 2.33. The summed E-state index contributed by atoms with van der Waals surface area (Å²) in [6.45, 7) is 5.95. The molecule has 38 heavy (non-hydrogen) atoms. The van der Waals surface area contributed by atoms with E-state index in [2.05, 4.69) is 5.32 Å². The van der Waals surface area contributed by atoms with Crippen molar-refractivity contribution < 1.29 is 31.7 Å². The van der Waals surface area contributed by atoms with Crippen LogP contribution in [0.3, 0.4) is 0 Å². The Kier molecular flexibility index (Phi) is 5.08. The molecule has 0 aliphatic carbocycles. The monoisotopic (exact) mass is 528 g/mol. The number of anilines is 1. The zero-order valence-electron chi connectivity index (χ0n) is 27.8. The van der Waals surface area contributed by atoms with Gasteiger partial charge in [0.05, 0.1) is 11.2 Å². The minimum absolute atomic E-state index is 0.0811. The third-order valence-electron chi connectivity index (χ3n) is 6.61. The number of hydrogen-bond acceptors (Lipinski definition) is 6. The number of carbonyl (C=O) groups excluding carboxylic acids is 3. The maximum Gasteiger partial charge on any atom is 0.255 e. The van der Waals surface area contributed by atoms with Gasteiger partial charge in [-0.25, -0.2) is 4.39 Å². The van der Waals surface area contributed by atoms with Crippen LogP contribution < -0.4 is 10.6 Å². The van der Waals surface area contributed by atoms with Gasteiger partial charge in [0.1, 0.15) is 11.9 Å². The van der Waals surface area contributed by atoms with Crippen LogP contribution in [0.4, 0.5) is 10.1 Å². The number of halogens is 1. The minimum Gasteiger partial charge on any atom is -0.381 e. The van der Waals surface area contributed by atoms with E-state index in [1.807, 2.05) is 33.0 Å². The lowest BCUT2D eigenvalue weighted by atomic mass is 9.98. The molecule has 2 fully saturated rings. The average Bonchev–Trinajstić information content (AvgIpc) is 3.21. The highest BCUT2D eigenvalue weighted by Gasteiger charge is 2.40. The maximum absolute atomic E-state index is 15.0. The van der Waals surface area contributed by atoms with Crippen molar-refractivity contribution in [2.24, 2.45) is 0 Å². The van der Waals surface area contributed by atoms with Gasteiger partial charge in [-0.05, 0) is 63.9 Å². The van der Waals surface area contributed by atoms with Crippen molar-refractivity contribution in [3.63, 3.8) is 0 Å². The summed E-state index contributed by atoms with van der Waals surface area (Å²) >= 11 is 0. The molecule has 2 saturated heterocycles. The smallest absolute Gasteiger partial charge is 0.255 e. The second-order valence-corrected chi connectivity index (χ2v) is 11.0. The van der Waals surface area contributed by atoms with Crippen LogP contribution in [0.5, 0.6) is 0 Å². The second kappa shape index (κ2) is 9.78. The summed E-state index contributed by atoms with van der Waals surface area (Å²) in [5.41, 5.74) is 0.176. The number of benzene rings is 2. The van der Waals surface area contributed by atoms with Crippen LogP contribution in [-0.2, 0) is 33.9 Å². The molecule has 0 bridgehead atoms. The SMILES string of the molecule is [2H]C([2H])(c1ccc(F)c(CNc2cccc3c2CN(C2C(=O)NC(=O)C([2H])([2H])C2([2H])[2H])C3=O)c1)N1CC(C)(C)OC(C)(C)C1. The molecule has 5 rings (SSSR count). The van der Waals surface area contributed by atoms with E-state index < -0.39 is 60.0 Å². The fraction of sp³-hybridized carbons (Fsp3) is 0.483. The number of morpholine rings is 1. The molecule has 0 aromatic heterocycles. The predicted molar refractivity (Wildman–Crippen MR) is 141 cm³/mol. The number of rotatable bonds is 6. The average molecular weight is 529 g/mol. The van der Waals surface area contributed by atoms with Gasteiger partial charge in [-0.2, -0.15) is 0 Å². The lowest BCUT2D eigenvalue weighted by Crippen LogP contribution is -2.56. The van der Waals surface area contributed by atoms with Gasteiger partial charge in [-0.15, -0.1) is 0 Å². The number of imide groups is 1. The number of carbonyl (C=O) groups is 3. The van der Waals surface area contributed by atoms with Crippen LogP contribution in [0.15, 0.2) is 36.4 Å². The van der Waals surface area contributed by atoms with Crippen molar-refractivity contribution in [2.45, 2.75) is 77.3 Å². The zero-order chi connectivity index (χ0) is 32.6. The van der Waals surface area contributed by atoms with Gasteiger partial charge < -0.3 is 15.0 Å². The lowest BCUT2D eigenvalue weighted by molar-refractivity contribution is -0.182. The quantitative estimate of drug-likeness (QED) is 0.557. The van der Waals surface area contributed by atoms with Gasteiger partial charge in [-0.3, -0.25) is 24.6 Å². The van der Waals surface area contributed by atoms with Crippen LogP contribution in [0, 0.1) is 5.82 Å². The van der Waals surface area contributed by atoms with E-state index in [9.17, 15) is 14.4 Å². The van der Waals surface area contributed by atoms with Gasteiger partial charge in [0.2, 0.25) is 11.8 Å². The van der Waals surface area contributed by atoms with Crippen molar-refractivity contribution in [2.75, 3.05) is 18.4 Å². The Morgan fingerprint density at radius 1 is 1.16 bits per heavy atom. The Morgan fingerprint density at radius 2 is 1.89 bits per heavy atom. The van der Waals surface area contributed by atoms with E-state index in [0.717, 1.165) is 4.90 Å². The Hall–Kier alpha value is -3.30. The van der Waals surface area contributed by atoms with Crippen LogP contribution >= 0.6 is 0 Å². The number of piperidine rings is 1. The molecule has 3 aliphatic rings. The molecule has 9 heteroatoms. The molecule has 0 saturated carbocycles. The predicted octanol–water partition coefficient (Wildman–Crippen LogP) is 3.59. The number of nitrogens with zero attached hydrogens (tertiary/aromatic N) is 2. The Bertz CT molecular complexity index is 1530. The number of ether oxygens (including phenoxy) is 1. The van der Waals surface area contributed by atoms with Crippen molar-refractivity contribution in [3.05, 3.63) is 64.5 Å². The minimum atomic E-state index is -3.07. The molecule has 8 nitrogen and oxygen atoms in total. The lowest BCUT2D eigenvalue weighted by Gasteiger charge is -2.47. The molecule has 2 N–H and O–H groups in total. The van der Waals surface area contributed by atoms with Gasteiger partial charge >= 0.3 is 0 Å². The van der Waals surface area contributed by atoms with E-state index >= 15 is 4.39 Å². The zero-order valence-corrected chi connectivity index (χ0v) is 21.8. The highest BCUT2D eigenvalue weighted by molar-refractivity contribution is 6.06. The van der Waals surface area contributed by atoms with Crippen molar-refractivity contribution >= 4 is 23.4 Å². The van der Waals surface area contributed by atoms with Crippen LogP contribution in [0.1, 0.15) is 75.7 Å². The summed E-state index contributed by atoms with van der Waals surface area (Å²) in [4.78, 5) is 40.6. The molecule has 3 heterocycles. The molecule has 3 amide bonds. The van der Waals surface area contributed by atoms with E-state index in [1.54, 1.807) is 17.0 Å². The molecular formula is C29H35FN4O4. The van der Waals surface area contributed by atoms with Crippen LogP contribution in [0.2, 0.25) is 0 Å². The first-order valence-electron chi connectivity index (χ1n) is 15.4. The van der Waals surface area contributed by atoms with Gasteiger partial charge in [0.25, 0.3) is 5.91 Å². The molecule has 2 aromatic carbocycles. The summed E-state index contributed by atoms with van der Waals surface area (Å²) in [5.74, 6) is -3.81. The van der Waals surface area contributed by atoms with E-state index in [4.69, 9.17) is 13.0 Å². The number of hydrogen-bond donors (Lipinski definition) is 2. The van der Waals surface area contributed by atoms with Crippen molar-refractivity contribution in [1.82, 2.24) is 15.1 Å². The molecule has 2 aromatic rings. The van der Waals surface area contributed by atoms with E-state index in [0.29, 0.717) is 24.3 Å². The summed E-state index contributed by atoms with van der Waals surface area (Å²) in [5, 5.41) is 4.92. The molecule has 3 aliphatic heterocycles. The maximum atomic E-state index is 15.0. The standard InChI is InChI=1S/C29H35FN4O4/c1-28(2)16-33(17-29(3,4)38-28)14-18-8-9-22(30)19(12-18)13-31-23-7-5-6-20-21(23)15-34(27(20)37)24-10-11-25(35)32-26(24)36/h5-9,12,24,31H,10-11,13-17H2,1-4H3,(H,32,35,36)/i10D2,11D2,14D2. The van der Waals surface area contributed by atoms with E-state index in [1.165, 1.54) is 24.3 Å². The first kappa shape index (κ1) is 19.7. The largest absolute Gasteiger partial charge is 0.381 e. The number of amides is 3. The molecule has 1 atom stereocenters. The third kappa shape index (κ3) is 5.44. The topological polar surface area (TPSA) is 91.0 Å². The fourth-order valence-electron chi connectivity index (χ4n) is 5.38. The Morgan fingerprint density at radius 3 is 2.63 bits per heavy atom. The number of fused-ring (bicyclic) bond motifs is 1. The Labute approximate surface area is 230 Å². The summed E-state index contributed by atoms with van der Waals surface area (Å²) in [6, 6.07) is 6.85. The summed E-state index contributed by atoms with van der Waals surface area (Å²) < 4.78 is 71.5. The summed E-state index contributed by atoms with van der Waals surface area (Å²) in [6.07, 6.45) is -6.08. The van der Waals surface area contributed by atoms with Crippen molar-refractivity contribution in [1.29, 1.82) is 0 Å². The fourth-order valence-corrected chi connectivity index (χ4v) is 5.38. The Balaban J connectivity index is 1.38. The van der Waals surface area contributed by atoms with Crippen LogP contribution in [-0.4, -0.2) is 57.9 Å². The first-order chi connectivity index (χ1) is 20.2. The van der Waals surface area contributed by atoms with Gasteiger partial charge in [-0.1, -0.05) is 12.1 Å². The molecule has 0 radical (unpaired) electrons. The normalized spacial score (nSPS) is 28.2. The van der Waals surface area contributed by atoms with Crippen molar-refractivity contribution in [3.8, 4) is 0 Å². The first-order valence-corrected chi connectivity index (χ1v) is 12.4. The summed E-state index contributed by atoms with van der Waals surface area (Å²) in [7, 11) is 0. The number of nitrogens with one attached hydrogen (secondary N) is 2.